The number of hydrogen-bond acceptors (Lipinski definition) is 10. The van der Waals surface area contributed by atoms with Gasteiger partial charge in [-0.05, 0) is 69.2 Å². The van der Waals surface area contributed by atoms with Crippen molar-refractivity contribution in [3.05, 3.63) is 72.4 Å². The fourth-order valence-corrected chi connectivity index (χ4v) is 7.85. The molecule has 6 rings (SSSR count). The van der Waals surface area contributed by atoms with E-state index in [0.29, 0.717) is 62.3 Å². The first kappa shape index (κ1) is 35.5. The third-order valence-corrected chi connectivity index (χ3v) is 10.8. The number of nitrogens with one attached hydrogen (secondary N) is 1. The Bertz CT molecular complexity index is 1920. The Labute approximate surface area is 287 Å². The van der Waals surface area contributed by atoms with Crippen LogP contribution in [0.1, 0.15) is 32.3 Å². The number of piperidine rings is 1. The van der Waals surface area contributed by atoms with Crippen molar-refractivity contribution in [3.8, 4) is 11.3 Å². The summed E-state index contributed by atoms with van der Waals surface area (Å²) < 4.78 is 85.8. The van der Waals surface area contributed by atoms with E-state index in [-0.39, 0.29) is 34.8 Å². The van der Waals surface area contributed by atoms with Crippen LogP contribution < -0.4 is 16.0 Å². The SMILES string of the molecule is CC(C)(O)Cn1cc(-c2nc(Nc3ccc(S(=O)(=O)N4CCC(N5CCN(c6ccc(N)cc6F)CC5)CC4)cc3)ncc2C(F)(F)F)cn1. The number of benzene rings is 2. The molecule has 12 nitrogen and oxygen atoms in total. The Morgan fingerprint density at radius 2 is 1.66 bits per heavy atom. The molecule has 0 saturated carbocycles. The number of aromatic nitrogens is 4. The van der Waals surface area contributed by atoms with E-state index in [9.17, 15) is 31.1 Å². The topological polar surface area (TPSA) is 146 Å². The zero-order valence-electron chi connectivity index (χ0n) is 27.6. The van der Waals surface area contributed by atoms with E-state index in [1.807, 2.05) is 4.90 Å². The normalized spacial score (nSPS) is 17.3. The van der Waals surface area contributed by atoms with Crippen LogP contribution in [0.3, 0.4) is 0 Å². The van der Waals surface area contributed by atoms with Gasteiger partial charge >= 0.3 is 6.18 Å². The van der Waals surface area contributed by atoms with Crippen LogP contribution in [0.4, 0.5) is 40.6 Å². The third kappa shape index (κ3) is 8.01. The number of aliphatic hydroxyl groups is 1. The average Bonchev–Trinajstić information content (AvgIpc) is 3.52. The predicted molar refractivity (Wildman–Crippen MR) is 181 cm³/mol. The molecular weight excluding hydrogens is 678 g/mol. The largest absolute Gasteiger partial charge is 0.419 e. The minimum absolute atomic E-state index is 0.0599. The van der Waals surface area contributed by atoms with E-state index in [4.69, 9.17) is 5.73 Å². The minimum atomic E-state index is -4.73. The Kier molecular flexibility index (Phi) is 9.78. The summed E-state index contributed by atoms with van der Waals surface area (Å²) >= 11 is 0. The van der Waals surface area contributed by atoms with Gasteiger partial charge in [0.05, 0.1) is 34.6 Å². The number of sulfonamides is 1. The molecule has 0 amide bonds. The van der Waals surface area contributed by atoms with Crippen molar-refractivity contribution in [1.29, 1.82) is 0 Å². The highest BCUT2D eigenvalue weighted by Crippen LogP contribution is 2.36. The van der Waals surface area contributed by atoms with Gasteiger partial charge in [0.2, 0.25) is 16.0 Å². The predicted octanol–water partition coefficient (Wildman–Crippen LogP) is 4.57. The van der Waals surface area contributed by atoms with Crippen LogP contribution in [0.2, 0.25) is 0 Å². The molecule has 2 fully saturated rings. The Balaban J connectivity index is 1.07. The van der Waals surface area contributed by atoms with Gasteiger partial charge in [-0.15, -0.1) is 0 Å². The Morgan fingerprint density at radius 3 is 2.28 bits per heavy atom. The molecule has 0 spiro atoms. The molecule has 4 aromatic rings. The van der Waals surface area contributed by atoms with Crippen molar-refractivity contribution in [2.75, 3.05) is 55.2 Å². The molecule has 0 aliphatic carbocycles. The first-order valence-corrected chi connectivity index (χ1v) is 17.6. The zero-order valence-corrected chi connectivity index (χ0v) is 28.4. The van der Waals surface area contributed by atoms with Crippen LogP contribution in [0.25, 0.3) is 11.3 Å². The fraction of sp³-hybridized carbons (Fsp3) is 0.424. The molecule has 2 aromatic carbocycles. The number of halogens is 4. The highest BCUT2D eigenvalue weighted by atomic mass is 32.2. The molecule has 0 unspecified atom stereocenters. The second kappa shape index (κ2) is 13.8. The lowest BCUT2D eigenvalue weighted by Gasteiger charge is -2.43. The van der Waals surface area contributed by atoms with E-state index >= 15 is 0 Å². The zero-order chi connectivity index (χ0) is 35.8. The van der Waals surface area contributed by atoms with E-state index in [2.05, 4.69) is 25.3 Å². The molecule has 2 saturated heterocycles. The maximum atomic E-state index is 14.4. The van der Waals surface area contributed by atoms with Crippen molar-refractivity contribution in [2.24, 2.45) is 0 Å². The third-order valence-electron chi connectivity index (χ3n) is 8.86. The van der Waals surface area contributed by atoms with Gasteiger partial charge in [0.1, 0.15) is 11.4 Å². The second-order valence-electron chi connectivity index (χ2n) is 13.2. The lowest BCUT2D eigenvalue weighted by Crippen LogP contribution is -2.53. The van der Waals surface area contributed by atoms with E-state index < -0.39 is 33.1 Å². The number of hydrogen-bond donors (Lipinski definition) is 3. The molecule has 4 heterocycles. The molecule has 2 aromatic heterocycles. The maximum Gasteiger partial charge on any atom is 0.419 e. The van der Waals surface area contributed by atoms with Crippen LogP contribution in [-0.4, -0.2) is 93.4 Å². The first-order valence-electron chi connectivity index (χ1n) is 16.2. The number of anilines is 4. The summed E-state index contributed by atoms with van der Waals surface area (Å²) in [6.45, 7) is 6.68. The quantitative estimate of drug-likeness (QED) is 0.166. The van der Waals surface area contributed by atoms with E-state index in [1.165, 1.54) is 51.7 Å². The van der Waals surface area contributed by atoms with Gasteiger partial charge in [-0.1, -0.05) is 0 Å². The molecule has 0 atom stereocenters. The van der Waals surface area contributed by atoms with Gasteiger partial charge in [-0.2, -0.15) is 22.6 Å². The molecule has 0 bridgehead atoms. The molecule has 0 radical (unpaired) electrons. The van der Waals surface area contributed by atoms with Crippen LogP contribution in [0.5, 0.6) is 0 Å². The van der Waals surface area contributed by atoms with Crippen LogP contribution >= 0.6 is 0 Å². The molecule has 50 heavy (non-hydrogen) atoms. The summed E-state index contributed by atoms with van der Waals surface area (Å²) in [6, 6.07) is 10.8. The summed E-state index contributed by atoms with van der Waals surface area (Å²) in [7, 11) is -3.79. The maximum absolute atomic E-state index is 14.4. The molecular formula is C33H39F4N9O3S. The summed E-state index contributed by atoms with van der Waals surface area (Å²) in [5.74, 6) is -0.466. The van der Waals surface area contributed by atoms with Crippen molar-refractivity contribution in [2.45, 2.75) is 55.9 Å². The number of piperazine rings is 1. The van der Waals surface area contributed by atoms with Gasteiger partial charge in [0.15, 0.2) is 0 Å². The summed E-state index contributed by atoms with van der Waals surface area (Å²) in [5.41, 5.74) is 4.49. The summed E-state index contributed by atoms with van der Waals surface area (Å²) in [4.78, 5) is 12.4. The number of nitrogen functional groups attached to an aromatic ring is 1. The minimum Gasteiger partial charge on any atom is -0.399 e. The van der Waals surface area contributed by atoms with Gasteiger partial charge in [-0.3, -0.25) is 9.58 Å². The van der Waals surface area contributed by atoms with Crippen LogP contribution in [0.15, 0.2) is 66.0 Å². The number of nitrogens with two attached hydrogens (primary N) is 1. The van der Waals surface area contributed by atoms with Crippen LogP contribution in [0, 0.1) is 5.82 Å². The molecule has 4 N–H and O–H groups in total. The van der Waals surface area contributed by atoms with Crippen molar-refractivity contribution in [3.63, 3.8) is 0 Å². The van der Waals surface area contributed by atoms with Crippen LogP contribution in [-0.2, 0) is 22.7 Å². The molecule has 17 heteroatoms. The second-order valence-corrected chi connectivity index (χ2v) is 15.1. The Morgan fingerprint density at radius 1 is 0.980 bits per heavy atom. The molecule has 2 aliphatic heterocycles. The summed E-state index contributed by atoms with van der Waals surface area (Å²) in [6.07, 6.45) is -0.114. The number of alkyl halides is 3. The molecule has 2 aliphatic rings. The van der Waals surface area contributed by atoms with E-state index in [1.54, 1.807) is 26.0 Å². The standard InChI is InChI=1S/C33H39F4N9O3S/c1-32(2,47)21-45-20-22(18-40-45)30-27(33(35,36)37)19-39-31(42-30)41-24-4-6-26(7-5-24)50(48,49)46-11-9-25(10-12-46)43-13-15-44(16-14-43)29-8-3-23(38)17-28(29)34/h3-8,17-20,25,47H,9-16,21,38H2,1-2H3,(H,39,41,42). The van der Waals surface area contributed by atoms with Crippen molar-refractivity contribution in [1.82, 2.24) is 29.0 Å². The molecule has 268 valence electrons. The highest BCUT2D eigenvalue weighted by molar-refractivity contribution is 7.89. The fourth-order valence-electron chi connectivity index (χ4n) is 6.38. The van der Waals surface area contributed by atoms with Gasteiger partial charge in [0, 0.05) is 74.6 Å². The van der Waals surface area contributed by atoms with Gasteiger partial charge in [0.25, 0.3) is 0 Å². The first-order chi connectivity index (χ1) is 23.6. The number of nitrogens with zero attached hydrogens (tertiary/aromatic N) is 7. The monoisotopic (exact) mass is 717 g/mol. The van der Waals surface area contributed by atoms with Crippen molar-refractivity contribution < 1.29 is 31.1 Å². The lowest BCUT2D eigenvalue weighted by atomic mass is 10.0. The van der Waals surface area contributed by atoms with Gasteiger partial charge < -0.3 is 21.1 Å². The lowest BCUT2D eigenvalue weighted by molar-refractivity contribution is -0.137. The van der Waals surface area contributed by atoms with E-state index in [0.717, 1.165) is 13.1 Å². The average molecular weight is 718 g/mol. The number of rotatable bonds is 9. The smallest absolute Gasteiger partial charge is 0.399 e. The highest BCUT2D eigenvalue weighted by Gasteiger charge is 2.36. The Hall–Kier alpha value is -4.32. The van der Waals surface area contributed by atoms with Gasteiger partial charge in [-0.25, -0.2) is 22.8 Å². The summed E-state index contributed by atoms with van der Waals surface area (Å²) in [5, 5.41) is 17.0. The van der Waals surface area contributed by atoms with Crippen molar-refractivity contribution >= 4 is 33.0 Å².